The molecule has 1 rings (SSSR count). The first kappa shape index (κ1) is 11.7. The highest BCUT2D eigenvalue weighted by Crippen LogP contribution is 2.24. The third-order valence-electron chi connectivity index (χ3n) is 2.19. The van der Waals surface area contributed by atoms with E-state index >= 15 is 0 Å². The van der Waals surface area contributed by atoms with Gasteiger partial charge in [0.25, 0.3) is 0 Å². The van der Waals surface area contributed by atoms with Crippen molar-refractivity contribution in [1.29, 1.82) is 0 Å². The van der Waals surface area contributed by atoms with Crippen molar-refractivity contribution in [3.63, 3.8) is 0 Å². The van der Waals surface area contributed by atoms with Gasteiger partial charge in [0, 0.05) is 0 Å². The number of rotatable bonds is 3. The van der Waals surface area contributed by atoms with Gasteiger partial charge in [-0.15, -0.1) is 6.42 Å². The fraction of sp³-hybridized carbons (Fsp3) is 0.429. The van der Waals surface area contributed by atoms with E-state index < -0.39 is 0 Å². The maximum Gasteiger partial charge on any atom is 0.135 e. The maximum absolute atomic E-state index is 5.63. The van der Waals surface area contributed by atoms with E-state index in [4.69, 9.17) is 11.2 Å². The molecule has 80 valence electrons. The molecular formula is C14H18O. The van der Waals surface area contributed by atoms with Crippen molar-refractivity contribution in [1.82, 2.24) is 0 Å². The summed E-state index contributed by atoms with van der Waals surface area (Å²) in [6.45, 7) is 8.30. The van der Waals surface area contributed by atoms with E-state index in [1.807, 2.05) is 26.0 Å². The Hall–Kier alpha value is -1.42. The van der Waals surface area contributed by atoms with E-state index in [1.54, 1.807) is 0 Å². The van der Waals surface area contributed by atoms with Gasteiger partial charge in [-0.3, -0.25) is 0 Å². The lowest BCUT2D eigenvalue weighted by Gasteiger charge is -2.13. The van der Waals surface area contributed by atoms with Crippen molar-refractivity contribution in [3.05, 3.63) is 29.3 Å². The summed E-state index contributed by atoms with van der Waals surface area (Å²) in [5.41, 5.74) is 2.09. The number of benzene rings is 1. The van der Waals surface area contributed by atoms with Crippen LogP contribution in [0.25, 0.3) is 0 Å². The van der Waals surface area contributed by atoms with E-state index in [1.165, 1.54) is 5.56 Å². The Balaban J connectivity index is 3.05. The molecule has 0 aliphatic rings. The second-order valence-electron chi connectivity index (χ2n) is 4.22. The summed E-state index contributed by atoms with van der Waals surface area (Å²) in [6, 6.07) is 6.07. The van der Waals surface area contributed by atoms with Crippen molar-refractivity contribution < 1.29 is 4.74 Å². The highest BCUT2D eigenvalue weighted by Gasteiger charge is 2.06. The van der Waals surface area contributed by atoms with Crippen LogP contribution < -0.4 is 4.74 Å². The van der Waals surface area contributed by atoms with Gasteiger partial charge in [0.05, 0.1) is 11.7 Å². The summed E-state index contributed by atoms with van der Waals surface area (Å²) in [4.78, 5) is 0. The Labute approximate surface area is 92.5 Å². The molecule has 0 radical (unpaired) electrons. The molecule has 0 spiro atoms. The Morgan fingerprint density at radius 2 is 1.87 bits per heavy atom. The Morgan fingerprint density at radius 3 is 2.33 bits per heavy atom. The van der Waals surface area contributed by atoms with Crippen LogP contribution in [0.1, 0.15) is 44.7 Å². The van der Waals surface area contributed by atoms with Crippen LogP contribution in [0.5, 0.6) is 5.75 Å². The van der Waals surface area contributed by atoms with Crippen LogP contribution in [-0.2, 0) is 0 Å². The summed E-state index contributed by atoms with van der Waals surface area (Å²) in [6.07, 6.45) is 5.62. The first-order valence-corrected chi connectivity index (χ1v) is 5.31. The van der Waals surface area contributed by atoms with Crippen LogP contribution in [0.15, 0.2) is 18.2 Å². The highest BCUT2D eigenvalue weighted by atomic mass is 16.5. The van der Waals surface area contributed by atoms with Crippen molar-refractivity contribution in [2.24, 2.45) is 0 Å². The van der Waals surface area contributed by atoms with Crippen LogP contribution in [0, 0.1) is 12.3 Å². The fourth-order valence-corrected chi connectivity index (χ4v) is 1.38. The van der Waals surface area contributed by atoms with E-state index in [-0.39, 0.29) is 6.10 Å². The molecule has 1 aromatic carbocycles. The molecule has 0 aromatic heterocycles. The zero-order valence-corrected chi connectivity index (χ0v) is 9.87. The quantitative estimate of drug-likeness (QED) is 0.681. The summed E-state index contributed by atoms with van der Waals surface area (Å²) < 4.78 is 5.63. The van der Waals surface area contributed by atoms with Crippen molar-refractivity contribution in [2.45, 2.75) is 39.7 Å². The van der Waals surface area contributed by atoms with Crippen LogP contribution >= 0.6 is 0 Å². The van der Waals surface area contributed by atoms with Crippen molar-refractivity contribution in [2.75, 3.05) is 0 Å². The molecule has 1 nitrogen and oxygen atoms in total. The lowest BCUT2D eigenvalue weighted by molar-refractivity contribution is 0.241. The molecule has 0 bridgehead atoms. The van der Waals surface area contributed by atoms with E-state index in [2.05, 4.69) is 25.8 Å². The monoisotopic (exact) mass is 202 g/mol. The zero-order chi connectivity index (χ0) is 11.4. The Bertz CT molecular complexity index is 369. The highest BCUT2D eigenvalue weighted by molar-refractivity contribution is 5.47. The molecule has 0 unspecified atom stereocenters. The smallest absolute Gasteiger partial charge is 0.135 e. The number of hydrogen-bond acceptors (Lipinski definition) is 1. The molecule has 0 saturated carbocycles. The molecule has 1 heteroatoms. The van der Waals surface area contributed by atoms with Crippen LogP contribution in [-0.4, -0.2) is 6.10 Å². The normalized spacial score (nSPS) is 10.5. The molecule has 0 N–H and O–H groups in total. The molecule has 0 saturated heterocycles. The van der Waals surface area contributed by atoms with Gasteiger partial charge in [-0.05, 0) is 37.5 Å². The lowest BCUT2D eigenvalue weighted by atomic mass is 10.0. The van der Waals surface area contributed by atoms with Gasteiger partial charge in [-0.2, -0.15) is 0 Å². The van der Waals surface area contributed by atoms with E-state index in [0.717, 1.165) is 11.3 Å². The average Bonchev–Trinajstić information content (AvgIpc) is 2.17. The van der Waals surface area contributed by atoms with Gasteiger partial charge >= 0.3 is 0 Å². The first-order chi connectivity index (χ1) is 7.04. The molecular weight excluding hydrogens is 184 g/mol. The third-order valence-corrected chi connectivity index (χ3v) is 2.19. The molecule has 0 heterocycles. The minimum Gasteiger partial charge on any atom is -0.490 e. The second kappa shape index (κ2) is 4.89. The van der Waals surface area contributed by atoms with Gasteiger partial charge in [-0.25, -0.2) is 0 Å². The Morgan fingerprint density at radius 1 is 1.20 bits per heavy atom. The predicted octanol–water partition coefficient (Wildman–Crippen LogP) is 3.58. The second-order valence-corrected chi connectivity index (χ2v) is 4.22. The molecule has 0 fully saturated rings. The molecule has 0 amide bonds. The summed E-state index contributed by atoms with van der Waals surface area (Å²) in [5.74, 6) is 3.96. The topological polar surface area (TPSA) is 9.23 Å². The van der Waals surface area contributed by atoms with E-state index in [0.29, 0.717) is 5.92 Å². The zero-order valence-electron chi connectivity index (χ0n) is 9.87. The first-order valence-electron chi connectivity index (χ1n) is 5.31. The van der Waals surface area contributed by atoms with E-state index in [9.17, 15) is 0 Å². The van der Waals surface area contributed by atoms with Gasteiger partial charge in [0.1, 0.15) is 5.75 Å². The minimum absolute atomic E-state index is 0.155. The molecule has 0 atom stereocenters. The summed E-state index contributed by atoms with van der Waals surface area (Å²) in [7, 11) is 0. The van der Waals surface area contributed by atoms with Gasteiger partial charge in [0.2, 0.25) is 0 Å². The van der Waals surface area contributed by atoms with Crippen LogP contribution in [0.2, 0.25) is 0 Å². The fourth-order valence-electron chi connectivity index (χ4n) is 1.38. The molecule has 1 aromatic rings. The van der Waals surface area contributed by atoms with Crippen molar-refractivity contribution in [3.8, 4) is 18.1 Å². The molecule has 15 heavy (non-hydrogen) atoms. The van der Waals surface area contributed by atoms with Crippen molar-refractivity contribution >= 4 is 0 Å². The molecule has 0 aliphatic heterocycles. The third kappa shape index (κ3) is 3.02. The molecule has 0 aliphatic carbocycles. The summed E-state index contributed by atoms with van der Waals surface area (Å²) in [5, 5.41) is 0. The largest absolute Gasteiger partial charge is 0.490 e. The number of hydrogen-bond donors (Lipinski definition) is 0. The van der Waals surface area contributed by atoms with Crippen LogP contribution in [0.4, 0.5) is 0 Å². The lowest BCUT2D eigenvalue weighted by Crippen LogP contribution is -2.07. The maximum atomic E-state index is 5.63. The van der Waals surface area contributed by atoms with Gasteiger partial charge in [0.15, 0.2) is 0 Å². The number of ether oxygens (including phenoxy) is 1. The van der Waals surface area contributed by atoms with Gasteiger partial charge < -0.3 is 4.74 Å². The summed E-state index contributed by atoms with van der Waals surface area (Å²) >= 11 is 0. The van der Waals surface area contributed by atoms with Gasteiger partial charge in [-0.1, -0.05) is 25.8 Å². The minimum atomic E-state index is 0.155. The predicted molar refractivity (Wildman–Crippen MR) is 64.2 cm³/mol. The average molecular weight is 202 g/mol. The number of terminal acetylenes is 1. The SMILES string of the molecule is C#Cc1cc(C(C)C)ccc1OC(C)C. The standard InChI is InChI=1S/C14H18O/c1-6-12-9-13(10(2)3)7-8-14(12)15-11(4)5/h1,7-11H,2-5H3. The Kier molecular flexibility index (Phi) is 3.80. The van der Waals surface area contributed by atoms with Crippen LogP contribution in [0.3, 0.4) is 0 Å².